The number of carbonyl (C=O) groups excluding carboxylic acids is 1. The molecule has 4 aromatic rings. The first-order valence-corrected chi connectivity index (χ1v) is 13.1. The van der Waals surface area contributed by atoms with E-state index in [1.165, 1.54) is 11.8 Å². The summed E-state index contributed by atoms with van der Waals surface area (Å²) in [6, 6.07) is 23.6. The molecule has 174 valence electrons. The lowest BCUT2D eigenvalue weighted by molar-refractivity contribution is 0.102. The molecule has 0 saturated carbocycles. The highest BCUT2D eigenvalue weighted by Gasteiger charge is 2.18. The number of Topliss-reactive ketones (excluding diaryl/α,β-unsaturated/α-hetero) is 1. The maximum Gasteiger partial charge on any atom is 0.229 e. The normalized spacial score (nSPS) is 11.2. The van der Waals surface area contributed by atoms with Gasteiger partial charge in [0.2, 0.25) is 10.0 Å². The van der Waals surface area contributed by atoms with Gasteiger partial charge < -0.3 is 4.74 Å². The van der Waals surface area contributed by atoms with Gasteiger partial charge in [-0.2, -0.15) is 0 Å². The van der Waals surface area contributed by atoms with Gasteiger partial charge in [-0.05, 0) is 60.7 Å². The van der Waals surface area contributed by atoms with Crippen LogP contribution in [0.15, 0.2) is 84.0 Å². The molecule has 34 heavy (non-hydrogen) atoms. The number of hydrogen-bond donors (Lipinski definition) is 1. The minimum atomic E-state index is -3.38. The van der Waals surface area contributed by atoms with Crippen molar-refractivity contribution in [2.24, 2.45) is 0 Å². The number of thioether (sulfide) groups is 1. The molecule has 0 aliphatic rings. The number of para-hydroxylation sites is 1. The monoisotopic (exact) mass is 494 g/mol. The number of rotatable bonds is 9. The second-order valence-corrected chi connectivity index (χ2v) is 10.1. The summed E-state index contributed by atoms with van der Waals surface area (Å²) in [6.45, 7) is 0. The Morgan fingerprint density at radius 2 is 1.65 bits per heavy atom. The minimum Gasteiger partial charge on any atom is -0.497 e. The molecule has 1 heterocycles. The van der Waals surface area contributed by atoms with Gasteiger partial charge in [0, 0.05) is 22.5 Å². The largest absolute Gasteiger partial charge is 0.497 e. The van der Waals surface area contributed by atoms with Crippen LogP contribution in [0.4, 0.5) is 5.69 Å². The lowest BCUT2D eigenvalue weighted by Crippen LogP contribution is -2.10. The summed E-state index contributed by atoms with van der Waals surface area (Å²) < 4.78 is 32.3. The van der Waals surface area contributed by atoms with Gasteiger partial charge in [0.1, 0.15) is 5.75 Å². The highest BCUT2D eigenvalue weighted by Crippen LogP contribution is 2.29. The molecular weight excluding hydrogens is 472 g/mol. The van der Waals surface area contributed by atoms with E-state index in [-0.39, 0.29) is 11.5 Å². The number of benzene rings is 3. The van der Waals surface area contributed by atoms with Gasteiger partial charge in [0.15, 0.2) is 16.8 Å². The summed E-state index contributed by atoms with van der Waals surface area (Å²) >= 11 is 1.29. The van der Waals surface area contributed by atoms with Crippen LogP contribution in [-0.2, 0) is 10.0 Å². The van der Waals surface area contributed by atoms with Crippen molar-refractivity contribution in [2.45, 2.75) is 5.16 Å². The molecule has 0 fully saturated rings. The van der Waals surface area contributed by atoms with Crippen molar-refractivity contribution in [3.05, 3.63) is 84.4 Å². The Hall–Kier alpha value is -3.63. The van der Waals surface area contributed by atoms with Crippen LogP contribution >= 0.6 is 11.8 Å². The molecule has 4 rings (SSSR count). The standard InChI is InChI=1S/C24H22N4O4S2/c1-32-21-14-10-18(11-15-21)23-25-26-24(28(23)20-6-4-3-5-7-20)33-16-22(29)17-8-12-19(13-9-17)27-34(2,30)31/h3-15,27H,16H2,1-2H3. The van der Waals surface area contributed by atoms with E-state index in [9.17, 15) is 13.2 Å². The molecule has 0 bridgehead atoms. The molecule has 0 unspecified atom stereocenters. The van der Waals surface area contributed by atoms with Crippen molar-refractivity contribution in [3.8, 4) is 22.8 Å². The van der Waals surface area contributed by atoms with E-state index in [0.29, 0.717) is 22.2 Å². The number of hydrogen-bond acceptors (Lipinski definition) is 7. The third-order valence-corrected chi connectivity index (χ3v) is 6.37. The number of methoxy groups -OCH3 is 1. The van der Waals surface area contributed by atoms with Crippen LogP contribution in [-0.4, -0.2) is 48.1 Å². The molecule has 0 radical (unpaired) electrons. The zero-order chi connectivity index (χ0) is 24.1. The summed E-state index contributed by atoms with van der Waals surface area (Å²) in [5.41, 5.74) is 2.63. The highest BCUT2D eigenvalue weighted by molar-refractivity contribution is 7.99. The van der Waals surface area contributed by atoms with Crippen molar-refractivity contribution in [1.82, 2.24) is 14.8 Å². The first-order chi connectivity index (χ1) is 16.3. The van der Waals surface area contributed by atoms with Gasteiger partial charge >= 0.3 is 0 Å². The summed E-state index contributed by atoms with van der Waals surface area (Å²) in [4.78, 5) is 12.8. The van der Waals surface area contributed by atoms with E-state index in [2.05, 4.69) is 14.9 Å². The molecule has 0 aliphatic carbocycles. The number of ketones is 1. The Kier molecular flexibility index (Phi) is 6.99. The van der Waals surface area contributed by atoms with Crippen molar-refractivity contribution in [3.63, 3.8) is 0 Å². The molecule has 1 aromatic heterocycles. The highest BCUT2D eigenvalue weighted by atomic mass is 32.2. The number of ether oxygens (including phenoxy) is 1. The second kappa shape index (κ2) is 10.1. The molecule has 10 heteroatoms. The second-order valence-electron chi connectivity index (χ2n) is 7.37. The number of carbonyl (C=O) groups is 1. The minimum absolute atomic E-state index is 0.107. The topological polar surface area (TPSA) is 103 Å². The van der Waals surface area contributed by atoms with E-state index in [4.69, 9.17) is 4.74 Å². The maximum absolute atomic E-state index is 12.8. The summed E-state index contributed by atoms with van der Waals surface area (Å²) in [5, 5.41) is 9.32. The Balaban J connectivity index is 1.57. The number of anilines is 1. The summed E-state index contributed by atoms with van der Waals surface area (Å²) in [7, 11) is -1.76. The van der Waals surface area contributed by atoms with Crippen molar-refractivity contribution < 1.29 is 17.9 Å². The van der Waals surface area contributed by atoms with Crippen LogP contribution in [0.25, 0.3) is 17.1 Å². The number of sulfonamides is 1. The lowest BCUT2D eigenvalue weighted by atomic mass is 10.1. The van der Waals surface area contributed by atoms with E-state index >= 15 is 0 Å². The number of nitrogens with zero attached hydrogens (tertiary/aromatic N) is 3. The van der Waals surface area contributed by atoms with E-state index in [0.717, 1.165) is 23.3 Å². The quantitative estimate of drug-likeness (QED) is 0.273. The van der Waals surface area contributed by atoms with E-state index in [1.54, 1.807) is 31.4 Å². The molecular formula is C24H22N4O4S2. The first-order valence-electron chi connectivity index (χ1n) is 10.2. The number of nitrogens with one attached hydrogen (secondary N) is 1. The van der Waals surface area contributed by atoms with Gasteiger partial charge in [-0.1, -0.05) is 30.0 Å². The zero-order valence-electron chi connectivity index (χ0n) is 18.5. The van der Waals surface area contributed by atoms with E-state index < -0.39 is 10.0 Å². The molecule has 1 N–H and O–H groups in total. The van der Waals surface area contributed by atoms with Crippen LogP contribution < -0.4 is 9.46 Å². The molecule has 8 nitrogen and oxygen atoms in total. The van der Waals surface area contributed by atoms with Crippen molar-refractivity contribution >= 4 is 33.3 Å². The predicted molar refractivity (Wildman–Crippen MR) is 133 cm³/mol. The lowest BCUT2D eigenvalue weighted by Gasteiger charge is -2.10. The maximum atomic E-state index is 12.8. The van der Waals surface area contributed by atoms with Crippen molar-refractivity contribution in [1.29, 1.82) is 0 Å². The number of aromatic nitrogens is 3. The summed E-state index contributed by atoms with van der Waals surface area (Å²) in [5.74, 6) is 1.43. The molecule has 3 aromatic carbocycles. The molecule has 0 aliphatic heterocycles. The summed E-state index contributed by atoms with van der Waals surface area (Å²) in [6.07, 6.45) is 1.08. The third kappa shape index (κ3) is 5.64. The van der Waals surface area contributed by atoms with Gasteiger partial charge in [0.25, 0.3) is 0 Å². The fraction of sp³-hybridized carbons (Fsp3) is 0.125. The fourth-order valence-electron chi connectivity index (χ4n) is 3.25. The third-order valence-electron chi connectivity index (χ3n) is 4.84. The van der Waals surface area contributed by atoms with Gasteiger partial charge in [-0.15, -0.1) is 10.2 Å². The van der Waals surface area contributed by atoms with Gasteiger partial charge in [0.05, 0.1) is 19.1 Å². The average Bonchev–Trinajstić information content (AvgIpc) is 3.26. The van der Waals surface area contributed by atoms with Crippen LogP contribution in [0.2, 0.25) is 0 Å². The first kappa shape index (κ1) is 23.5. The predicted octanol–water partition coefficient (Wildman–Crippen LogP) is 4.29. The van der Waals surface area contributed by atoms with E-state index in [1.807, 2.05) is 59.2 Å². The fourth-order valence-corrected chi connectivity index (χ4v) is 4.66. The molecule has 0 saturated heterocycles. The Morgan fingerprint density at radius 1 is 0.971 bits per heavy atom. The van der Waals surface area contributed by atoms with Gasteiger partial charge in [-0.25, -0.2) is 8.42 Å². The van der Waals surface area contributed by atoms with Crippen LogP contribution in [0, 0.1) is 0 Å². The Bertz CT molecular complexity index is 1390. The SMILES string of the molecule is COc1ccc(-c2nnc(SCC(=O)c3ccc(NS(C)(=O)=O)cc3)n2-c2ccccc2)cc1. The molecule has 0 atom stereocenters. The molecule has 0 spiro atoms. The average molecular weight is 495 g/mol. The zero-order valence-corrected chi connectivity index (χ0v) is 20.1. The van der Waals surface area contributed by atoms with Crippen molar-refractivity contribution in [2.75, 3.05) is 23.8 Å². The molecule has 0 amide bonds. The van der Waals surface area contributed by atoms with Gasteiger partial charge in [-0.3, -0.25) is 14.1 Å². The van der Waals surface area contributed by atoms with Crippen LogP contribution in [0.1, 0.15) is 10.4 Å². The Morgan fingerprint density at radius 3 is 2.26 bits per heavy atom. The van der Waals surface area contributed by atoms with Crippen LogP contribution in [0.5, 0.6) is 5.75 Å². The van der Waals surface area contributed by atoms with Crippen LogP contribution in [0.3, 0.4) is 0 Å². The smallest absolute Gasteiger partial charge is 0.229 e. The Labute approximate surface area is 202 Å².